The number of para-hydroxylation sites is 1. The van der Waals surface area contributed by atoms with E-state index in [0.717, 1.165) is 4.90 Å². The molecule has 0 bridgehead atoms. The zero-order valence-electron chi connectivity index (χ0n) is 14.1. The van der Waals surface area contributed by atoms with E-state index in [-0.39, 0.29) is 0 Å². The van der Waals surface area contributed by atoms with Gasteiger partial charge in [-0.1, -0.05) is 24.3 Å². The van der Waals surface area contributed by atoms with Crippen LogP contribution in [0.25, 0.3) is 0 Å². The summed E-state index contributed by atoms with van der Waals surface area (Å²) < 4.78 is 0. The van der Waals surface area contributed by atoms with Gasteiger partial charge in [-0.3, -0.25) is 24.7 Å². The minimum atomic E-state index is -1.96. The predicted octanol–water partition coefficient (Wildman–Crippen LogP) is 0.347. The molecule has 0 spiro atoms. The predicted molar refractivity (Wildman–Crippen MR) is 93.5 cm³/mol. The van der Waals surface area contributed by atoms with Gasteiger partial charge in [-0.2, -0.15) is 0 Å². The van der Waals surface area contributed by atoms with Gasteiger partial charge in [-0.15, -0.1) is 0 Å². The van der Waals surface area contributed by atoms with Crippen LogP contribution in [0.3, 0.4) is 0 Å². The topological polar surface area (TPSA) is 120 Å². The van der Waals surface area contributed by atoms with E-state index in [1.54, 1.807) is 48.5 Å². The molecule has 8 heteroatoms. The minimum Gasteiger partial charge on any atom is -0.480 e. The standard InChI is InChI=1S/C19H17N3O5/c23-10-19(18(26)27)14-13(15(21-19)12-8-4-5-9-20-12)16(24)22(17(14)25)11-6-2-1-3-7-11/h1-9,13-15,21,23H,10H2,(H,26,27). The molecule has 0 saturated carbocycles. The Hall–Kier alpha value is -3.10. The van der Waals surface area contributed by atoms with E-state index in [1.807, 2.05) is 0 Å². The van der Waals surface area contributed by atoms with Crippen LogP contribution in [0.5, 0.6) is 0 Å². The Labute approximate surface area is 154 Å². The zero-order valence-corrected chi connectivity index (χ0v) is 14.1. The maximum Gasteiger partial charge on any atom is 0.327 e. The number of nitrogens with one attached hydrogen (secondary N) is 1. The first-order chi connectivity index (χ1) is 13.0. The number of hydrogen-bond donors (Lipinski definition) is 3. The van der Waals surface area contributed by atoms with Gasteiger partial charge in [0.05, 0.1) is 35.9 Å². The van der Waals surface area contributed by atoms with Crippen molar-refractivity contribution in [2.75, 3.05) is 11.5 Å². The van der Waals surface area contributed by atoms with Crippen molar-refractivity contribution >= 4 is 23.5 Å². The summed E-state index contributed by atoms with van der Waals surface area (Å²) in [5, 5.41) is 22.5. The Morgan fingerprint density at radius 1 is 1.11 bits per heavy atom. The van der Waals surface area contributed by atoms with Crippen LogP contribution < -0.4 is 10.2 Å². The van der Waals surface area contributed by atoms with Crippen LogP contribution in [0.2, 0.25) is 0 Å². The molecule has 3 heterocycles. The summed E-state index contributed by atoms with van der Waals surface area (Å²) in [5.74, 6) is -4.74. The molecule has 0 aliphatic carbocycles. The van der Waals surface area contributed by atoms with Gasteiger partial charge in [0.15, 0.2) is 5.54 Å². The number of carboxylic acid groups (broad SMARTS) is 1. The van der Waals surface area contributed by atoms with Crippen molar-refractivity contribution in [2.45, 2.75) is 11.6 Å². The number of amides is 2. The molecule has 2 saturated heterocycles. The number of benzene rings is 1. The fraction of sp³-hybridized carbons (Fsp3) is 0.263. The summed E-state index contributed by atoms with van der Waals surface area (Å²) in [7, 11) is 0. The van der Waals surface area contributed by atoms with E-state index in [0.29, 0.717) is 11.4 Å². The number of nitrogens with zero attached hydrogens (tertiary/aromatic N) is 2. The minimum absolute atomic E-state index is 0.374. The van der Waals surface area contributed by atoms with Crippen LogP contribution in [0, 0.1) is 11.8 Å². The number of rotatable bonds is 4. The van der Waals surface area contributed by atoms with Crippen molar-refractivity contribution in [3.05, 3.63) is 60.4 Å². The first-order valence-corrected chi connectivity index (χ1v) is 8.47. The largest absolute Gasteiger partial charge is 0.480 e. The Bertz CT molecular complexity index is 904. The maximum absolute atomic E-state index is 13.2. The van der Waals surface area contributed by atoms with Gasteiger partial charge in [0, 0.05) is 6.20 Å². The van der Waals surface area contributed by atoms with Crippen LogP contribution in [-0.2, 0) is 14.4 Å². The molecule has 2 aliphatic rings. The van der Waals surface area contributed by atoms with Gasteiger partial charge in [0.25, 0.3) is 0 Å². The van der Waals surface area contributed by atoms with Crippen LogP contribution in [0.15, 0.2) is 54.7 Å². The molecule has 4 unspecified atom stereocenters. The number of carboxylic acids is 1. The Kier molecular flexibility index (Phi) is 4.01. The molecule has 0 radical (unpaired) electrons. The van der Waals surface area contributed by atoms with E-state index >= 15 is 0 Å². The lowest BCUT2D eigenvalue weighted by Crippen LogP contribution is -2.58. The number of carbonyl (C=O) groups excluding carboxylic acids is 2. The van der Waals surface area contributed by atoms with Crippen molar-refractivity contribution in [2.24, 2.45) is 11.8 Å². The van der Waals surface area contributed by atoms with E-state index in [1.165, 1.54) is 6.20 Å². The quantitative estimate of drug-likeness (QED) is 0.667. The number of anilines is 1. The highest BCUT2D eigenvalue weighted by Gasteiger charge is 2.69. The molecule has 2 fully saturated rings. The molecule has 2 aromatic rings. The van der Waals surface area contributed by atoms with Gasteiger partial charge >= 0.3 is 5.97 Å². The van der Waals surface area contributed by atoms with Crippen LogP contribution in [0.4, 0.5) is 5.69 Å². The summed E-state index contributed by atoms with van der Waals surface area (Å²) in [6, 6.07) is 12.6. The van der Waals surface area contributed by atoms with Crippen molar-refractivity contribution in [3.8, 4) is 0 Å². The van der Waals surface area contributed by atoms with Crippen LogP contribution >= 0.6 is 0 Å². The van der Waals surface area contributed by atoms with E-state index < -0.39 is 47.8 Å². The van der Waals surface area contributed by atoms with Crippen molar-refractivity contribution in [1.29, 1.82) is 0 Å². The third kappa shape index (κ3) is 2.37. The average Bonchev–Trinajstić information content (AvgIpc) is 3.18. The smallest absolute Gasteiger partial charge is 0.327 e. The lowest BCUT2D eigenvalue weighted by Gasteiger charge is -2.29. The van der Waals surface area contributed by atoms with E-state index in [9.17, 15) is 24.6 Å². The molecule has 1 aromatic carbocycles. The monoisotopic (exact) mass is 367 g/mol. The number of fused-ring (bicyclic) bond motifs is 1. The Morgan fingerprint density at radius 2 is 1.81 bits per heavy atom. The number of aliphatic hydroxyl groups is 1. The number of hydrogen-bond acceptors (Lipinski definition) is 6. The third-order valence-electron chi connectivity index (χ3n) is 5.31. The second kappa shape index (κ2) is 6.26. The summed E-state index contributed by atoms with van der Waals surface area (Å²) in [5.41, 5.74) is -1.14. The molecule has 4 rings (SSSR count). The number of aliphatic hydroxyl groups excluding tert-OH is 1. The number of aromatic nitrogens is 1. The molecule has 3 N–H and O–H groups in total. The van der Waals surface area contributed by atoms with Crippen LogP contribution in [0.1, 0.15) is 11.7 Å². The number of pyridine rings is 1. The molecule has 1 aromatic heterocycles. The Balaban J connectivity index is 1.86. The van der Waals surface area contributed by atoms with Crippen molar-refractivity contribution in [3.63, 3.8) is 0 Å². The fourth-order valence-electron chi connectivity index (χ4n) is 4.06. The molecule has 27 heavy (non-hydrogen) atoms. The first kappa shape index (κ1) is 17.3. The number of carbonyl (C=O) groups is 3. The SMILES string of the molecule is O=C1C2C(c3ccccn3)NC(CO)(C(=O)O)C2C(=O)N1c1ccccc1. The second-order valence-corrected chi connectivity index (χ2v) is 6.66. The summed E-state index contributed by atoms with van der Waals surface area (Å²) in [6.45, 7) is -0.825. The summed E-state index contributed by atoms with van der Waals surface area (Å²) in [4.78, 5) is 43.6. The van der Waals surface area contributed by atoms with E-state index in [2.05, 4.69) is 10.3 Å². The zero-order chi connectivity index (χ0) is 19.2. The van der Waals surface area contributed by atoms with Gasteiger partial charge in [0.1, 0.15) is 0 Å². The normalized spacial score (nSPS) is 29.8. The summed E-state index contributed by atoms with van der Waals surface area (Å²) >= 11 is 0. The number of aliphatic carboxylic acids is 1. The first-order valence-electron chi connectivity index (χ1n) is 8.47. The van der Waals surface area contributed by atoms with E-state index in [4.69, 9.17) is 0 Å². The Morgan fingerprint density at radius 3 is 2.41 bits per heavy atom. The highest BCUT2D eigenvalue weighted by molar-refractivity contribution is 6.24. The maximum atomic E-state index is 13.2. The van der Waals surface area contributed by atoms with Gasteiger partial charge < -0.3 is 10.2 Å². The van der Waals surface area contributed by atoms with Crippen LogP contribution in [-0.4, -0.2) is 45.1 Å². The second-order valence-electron chi connectivity index (χ2n) is 6.66. The van der Waals surface area contributed by atoms with Gasteiger partial charge in [0.2, 0.25) is 11.8 Å². The lowest BCUT2D eigenvalue weighted by atomic mass is 9.80. The number of imide groups is 1. The summed E-state index contributed by atoms with van der Waals surface area (Å²) in [6.07, 6.45) is 1.53. The van der Waals surface area contributed by atoms with Crippen molar-refractivity contribution in [1.82, 2.24) is 10.3 Å². The molecular formula is C19H17N3O5. The molecular weight excluding hydrogens is 350 g/mol. The molecule has 2 amide bonds. The lowest BCUT2D eigenvalue weighted by molar-refractivity contribution is -0.150. The van der Waals surface area contributed by atoms with Crippen molar-refractivity contribution < 1.29 is 24.6 Å². The average molecular weight is 367 g/mol. The third-order valence-corrected chi connectivity index (χ3v) is 5.31. The highest BCUT2D eigenvalue weighted by Crippen LogP contribution is 2.49. The van der Waals surface area contributed by atoms with Gasteiger partial charge in [-0.25, -0.2) is 4.90 Å². The molecule has 8 nitrogen and oxygen atoms in total. The highest BCUT2D eigenvalue weighted by atomic mass is 16.4. The molecule has 4 atom stereocenters. The van der Waals surface area contributed by atoms with Gasteiger partial charge in [-0.05, 0) is 24.3 Å². The molecule has 138 valence electrons. The fourth-order valence-corrected chi connectivity index (χ4v) is 4.06. The molecule has 2 aliphatic heterocycles.